The first kappa shape index (κ1) is 21.8. The lowest BCUT2D eigenvalue weighted by atomic mass is 9.83. The first-order valence-corrected chi connectivity index (χ1v) is 12.8. The van der Waals surface area contributed by atoms with Crippen molar-refractivity contribution in [1.82, 2.24) is 44.6 Å². The Morgan fingerprint density at radius 2 is 1.89 bits per heavy atom. The summed E-state index contributed by atoms with van der Waals surface area (Å²) in [6.45, 7) is 6.83. The van der Waals surface area contributed by atoms with Gasteiger partial charge in [-0.05, 0) is 57.1 Å². The summed E-state index contributed by atoms with van der Waals surface area (Å²) in [6.07, 6.45) is 6.82. The lowest BCUT2D eigenvalue weighted by Gasteiger charge is -2.30. The van der Waals surface area contributed by atoms with Crippen molar-refractivity contribution in [2.75, 3.05) is 11.9 Å². The number of aryl methyl sites for hydroxylation is 2. The largest absolute Gasteiger partial charge is 0.353 e. The Morgan fingerprint density at radius 3 is 2.78 bits per heavy atom. The summed E-state index contributed by atoms with van der Waals surface area (Å²) in [5.74, 6) is 4.02. The molecular formula is C25H30N10O. The van der Waals surface area contributed by atoms with Gasteiger partial charge in [-0.1, -0.05) is 17.3 Å². The van der Waals surface area contributed by atoms with Crippen molar-refractivity contribution >= 4 is 17.0 Å². The zero-order valence-electron chi connectivity index (χ0n) is 20.6. The number of benzene rings is 1. The Morgan fingerprint density at radius 1 is 1.00 bits per heavy atom. The molecule has 186 valence electrons. The molecule has 1 saturated heterocycles. The molecule has 4 aromatic rings. The van der Waals surface area contributed by atoms with E-state index < -0.39 is 0 Å². The molecule has 0 bridgehead atoms. The average Bonchev–Trinajstić information content (AvgIpc) is 3.44. The van der Waals surface area contributed by atoms with E-state index in [9.17, 15) is 0 Å². The molecule has 2 fully saturated rings. The van der Waals surface area contributed by atoms with Gasteiger partial charge in [0.25, 0.3) is 0 Å². The van der Waals surface area contributed by atoms with Crippen molar-refractivity contribution in [3.63, 3.8) is 0 Å². The highest BCUT2D eigenvalue weighted by molar-refractivity contribution is 5.79. The maximum Gasteiger partial charge on any atom is 0.224 e. The first-order valence-electron chi connectivity index (χ1n) is 12.8. The first-order chi connectivity index (χ1) is 17.6. The number of rotatable bonds is 5. The van der Waals surface area contributed by atoms with Crippen LogP contribution in [-0.2, 0) is 17.8 Å². The van der Waals surface area contributed by atoms with Crippen LogP contribution in [0, 0.1) is 19.8 Å². The van der Waals surface area contributed by atoms with Crippen LogP contribution in [0.5, 0.6) is 0 Å². The molecule has 7 rings (SSSR count). The molecule has 0 spiro atoms. The number of anilines is 1. The van der Waals surface area contributed by atoms with Gasteiger partial charge in [-0.3, -0.25) is 4.90 Å². The Kier molecular flexibility index (Phi) is 5.21. The van der Waals surface area contributed by atoms with Gasteiger partial charge in [0.15, 0.2) is 5.82 Å². The second kappa shape index (κ2) is 8.59. The number of nitrogens with zero attached hydrogens (tertiary/aromatic N) is 9. The zero-order valence-corrected chi connectivity index (χ0v) is 20.6. The Bertz CT molecular complexity index is 1410. The Labute approximate surface area is 208 Å². The third-order valence-electron chi connectivity index (χ3n) is 7.93. The molecule has 11 nitrogen and oxygen atoms in total. The van der Waals surface area contributed by atoms with Gasteiger partial charge in [-0.2, -0.15) is 9.67 Å². The van der Waals surface area contributed by atoms with Crippen LogP contribution in [0.3, 0.4) is 0 Å². The molecule has 0 radical (unpaired) electrons. The zero-order chi connectivity index (χ0) is 24.2. The molecule has 2 aliphatic heterocycles. The van der Waals surface area contributed by atoms with Crippen LogP contribution in [0.4, 0.5) is 5.95 Å². The highest BCUT2D eigenvalue weighted by atomic mass is 16.6. The predicted molar refractivity (Wildman–Crippen MR) is 132 cm³/mol. The maximum absolute atomic E-state index is 6.18. The van der Waals surface area contributed by atoms with Crippen molar-refractivity contribution in [3.05, 3.63) is 47.7 Å². The molecule has 1 saturated carbocycles. The average molecular weight is 487 g/mol. The highest BCUT2D eigenvalue weighted by Crippen LogP contribution is 2.41. The van der Waals surface area contributed by atoms with Gasteiger partial charge < -0.3 is 14.6 Å². The van der Waals surface area contributed by atoms with Gasteiger partial charge >= 0.3 is 0 Å². The van der Waals surface area contributed by atoms with Gasteiger partial charge in [0, 0.05) is 31.4 Å². The summed E-state index contributed by atoms with van der Waals surface area (Å²) in [6, 6.07) is 8.30. The summed E-state index contributed by atoms with van der Waals surface area (Å²) in [5, 5.41) is 20.8. The molecule has 3 aliphatic rings. The van der Waals surface area contributed by atoms with Crippen molar-refractivity contribution < 1.29 is 4.74 Å². The smallest absolute Gasteiger partial charge is 0.224 e. The summed E-state index contributed by atoms with van der Waals surface area (Å²) in [4.78, 5) is 11.6. The second-order valence-electron chi connectivity index (χ2n) is 10.2. The van der Waals surface area contributed by atoms with E-state index in [0.717, 1.165) is 79.4 Å². The second-order valence-corrected chi connectivity index (χ2v) is 10.2. The fraction of sp³-hybridized carbons (Fsp3) is 0.520. The Balaban J connectivity index is 0.958. The van der Waals surface area contributed by atoms with E-state index in [-0.39, 0.29) is 6.23 Å². The summed E-state index contributed by atoms with van der Waals surface area (Å²) < 4.78 is 10.2. The van der Waals surface area contributed by atoms with Crippen LogP contribution in [0.1, 0.15) is 42.9 Å². The van der Waals surface area contributed by atoms with Crippen molar-refractivity contribution in [3.8, 4) is 5.82 Å². The number of aromatic nitrogens is 8. The van der Waals surface area contributed by atoms with Crippen LogP contribution >= 0.6 is 0 Å². The third kappa shape index (κ3) is 3.82. The minimum Gasteiger partial charge on any atom is -0.353 e. The fourth-order valence-electron chi connectivity index (χ4n) is 5.86. The van der Waals surface area contributed by atoms with Gasteiger partial charge in [0.1, 0.15) is 29.5 Å². The third-order valence-corrected chi connectivity index (χ3v) is 7.93. The van der Waals surface area contributed by atoms with E-state index in [1.165, 1.54) is 0 Å². The number of hydrogen-bond acceptors (Lipinski definition) is 9. The van der Waals surface area contributed by atoms with E-state index in [4.69, 9.17) is 9.72 Å². The number of epoxide rings is 1. The SMILES string of the molecule is Cc1cccc2c1nnn2-c1ccnc(NC2CCC(C3OC3N3CCn4c(C)nnc4C3)CC2)n1. The van der Waals surface area contributed by atoms with Crippen LogP contribution < -0.4 is 5.32 Å². The number of ether oxygens (including phenoxy) is 1. The predicted octanol–water partition coefficient (Wildman–Crippen LogP) is 2.63. The Hall–Kier alpha value is -3.44. The fourth-order valence-corrected chi connectivity index (χ4v) is 5.86. The number of nitrogens with one attached hydrogen (secondary N) is 1. The highest BCUT2D eigenvalue weighted by Gasteiger charge is 2.49. The molecule has 5 heterocycles. The summed E-state index contributed by atoms with van der Waals surface area (Å²) in [5.41, 5.74) is 2.94. The molecule has 1 aliphatic carbocycles. The van der Waals surface area contributed by atoms with Crippen LogP contribution in [0.15, 0.2) is 30.5 Å². The minimum absolute atomic E-state index is 0.228. The van der Waals surface area contributed by atoms with Gasteiger partial charge in [0.2, 0.25) is 5.95 Å². The van der Waals surface area contributed by atoms with E-state index in [2.05, 4.69) is 40.3 Å². The van der Waals surface area contributed by atoms with E-state index in [0.29, 0.717) is 24.0 Å². The standard InChI is InChI=1S/C25H30N10O/c1-15-4-3-5-19-22(15)31-32-35(19)20-10-11-26-25(28-20)27-18-8-6-17(7-9-18)23-24(36-23)33-12-13-34-16(2)29-30-21(34)14-33/h3-5,10-11,17-18,23-24H,6-9,12-14H2,1-2H3,(H,26,27,28). The quantitative estimate of drug-likeness (QED) is 0.425. The molecule has 2 unspecified atom stereocenters. The summed E-state index contributed by atoms with van der Waals surface area (Å²) >= 11 is 0. The van der Waals surface area contributed by atoms with E-state index in [1.807, 2.05) is 38.1 Å². The lowest BCUT2D eigenvalue weighted by molar-refractivity contribution is 0.138. The topological polar surface area (TPSA) is 115 Å². The van der Waals surface area contributed by atoms with Crippen LogP contribution in [0.25, 0.3) is 16.9 Å². The van der Waals surface area contributed by atoms with Crippen LogP contribution in [-0.4, -0.2) is 69.5 Å². The summed E-state index contributed by atoms with van der Waals surface area (Å²) in [7, 11) is 0. The van der Waals surface area contributed by atoms with Crippen molar-refractivity contribution in [2.24, 2.45) is 5.92 Å². The minimum atomic E-state index is 0.228. The van der Waals surface area contributed by atoms with Crippen molar-refractivity contribution in [1.29, 1.82) is 0 Å². The maximum atomic E-state index is 6.18. The van der Waals surface area contributed by atoms with Crippen LogP contribution in [0.2, 0.25) is 0 Å². The number of fused-ring (bicyclic) bond motifs is 2. The van der Waals surface area contributed by atoms with Gasteiger partial charge in [-0.15, -0.1) is 15.3 Å². The monoisotopic (exact) mass is 486 g/mol. The van der Waals surface area contributed by atoms with E-state index >= 15 is 0 Å². The van der Waals surface area contributed by atoms with Crippen molar-refractivity contribution in [2.45, 2.75) is 71.0 Å². The molecular weight excluding hydrogens is 456 g/mol. The normalized spacial score (nSPS) is 26.2. The molecule has 1 N–H and O–H groups in total. The molecule has 3 aromatic heterocycles. The lowest BCUT2D eigenvalue weighted by Crippen LogP contribution is -2.38. The van der Waals surface area contributed by atoms with E-state index in [1.54, 1.807) is 10.9 Å². The van der Waals surface area contributed by atoms with Gasteiger partial charge in [-0.25, -0.2) is 4.98 Å². The van der Waals surface area contributed by atoms with Gasteiger partial charge in [0.05, 0.1) is 12.1 Å². The molecule has 36 heavy (non-hydrogen) atoms. The number of hydrogen-bond donors (Lipinski definition) is 1. The molecule has 1 aromatic carbocycles. The molecule has 2 atom stereocenters. The molecule has 11 heteroatoms. The molecule has 0 amide bonds.